The second-order valence-electron chi connectivity index (χ2n) is 7.37. The summed E-state index contributed by atoms with van der Waals surface area (Å²) >= 11 is 5.33. The zero-order valence-corrected chi connectivity index (χ0v) is 19.5. The van der Waals surface area contributed by atoms with E-state index in [1.165, 1.54) is 15.6 Å². The Morgan fingerprint density at radius 3 is 2.41 bits per heavy atom. The van der Waals surface area contributed by atoms with Crippen LogP contribution in [0.25, 0.3) is 10.1 Å². The van der Waals surface area contributed by atoms with Gasteiger partial charge in [-0.1, -0.05) is 35.9 Å². The lowest BCUT2D eigenvalue weighted by molar-refractivity contribution is 0.0696. The number of fused-ring (bicyclic) bond motifs is 1. The third kappa shape index (κ3) is 4.71. The van der Waals surface area contributed by atoms with Crippen LogP contribution in [0.15, 0.2) is 66.7 Å². The zero-order valence-electron chi connectivity index (χ0n) is 17.1. The molecule has 0 aliphatic heterocycles. The van der Waals surface area contributed by atoms with Crippen molar-refractivity contribution < 1.29 is 18.7 Å². The number of halogens is 1. The fourth-order valence-corrected chi connectivity index (χ4v) is 5.80. The molecule has 32 heavy (non-hydrogen) atoms. The predicted octanol–water partition coefficient (Wildman–Crippen LogP) is 6.62. The summed E-state index contributed by atoms with van der Waals surface area (Å²) in [6, 6.07) is 20.0. The monoisotopic (exact) mass is 485 g/mol. The molecule has 1 unspecified atom stereocenters. The SMILES string of the molecule is Cc1c(N(c2cccc(CCc3cccc(C(=O)O)c3)c2)S(=O)O)sc2ccc(Cl)cc12. The van der Waals surface area contributed by atoms with E-state index in [9.17, 15) is 18.7 Å². The Morgan fingerprint density at radius 2 is 1.72 bits per heavy atom. The molecule has 5 nitrogen and oxygen atoms in total. The maximum atomic E-state index is 12.4. The molecule has 2 N–H and O–H groups in total. The molecule has 0 saturated heterocycles. The third-order valence-corrected chi connectivity index (χ3v) is 7.55. The Morgan fingerprint density at radius 1 is 1.03 bits per heavy atom. The number of benzene rings is 3. The van der Waals surface area contributed by atoms with Gasteiger partial charge in [-0.2, -0.15) is 0 Å². The number of hydrogen-bond acceptors (Lipinski definition) is 3. The smallest absolute Gasteiger partial charge is 0.335 e. The summed E-state index contributed by atoms with van der Waals surface area (Å²) in [4.78, 5) is 11.2. The number of rotatable bonds is 7. The van der Waals surface area contributed by atoms with Crippen molar-refractivity contribution in [3.63, 3.8) is 0 Å². The Bertz CT molecular complexity index is 1330. The Labute approximate surface area is 197 Å². The fraction of sp³-hybridized carbons (Fsp3) is 0.125. The van der Waals surface area contributed by atoms with Crippen molar-refractivity contribution in [1.29, 1.82) is 0 Å². The van der Waals surface area contributed by atoms with Crippen LogP contribution in [0, 0.1) is 6.92 Å². The molecule has 0 aliphatic rings. The standard InChI is InChI=1S/C24H20ClNO4S2/c1-15-21-14-19(25)10-11-22(21)31-23(15)26(32(29)30)20-7-3-5-17(13-20)9-8-16-4-2-6-18(12-16)24(27)28/h2-7,10-14H,8-9H2,1H3,(H,27,28)(H,29,30). The molecule has 1 atom stereocenters. The van der Waals surface area contributed by atoms with E-state index in [-0.39, 0.29) is 5.56 Å². The maximum absolute atomic E-state index is 12.4. The molecular formula is C24H20ClNO4S2. The number of carboxylic acid groups (broad SMARTS) is 1. The number of carboxylic acids is 1. The average molecular weight is 486 g/mol. The average Bonchev–Trinajstić information content (AvgIpc) is 3.08. The minimum Gasteiger partial charge on any atom is -0.478 e. The van der Waals surface area contributed by atoms with Crippen LogP contribution in [0.4, 0.5) is 10.7 Å². The van der Waals surface area contributed by atoms with Gasteiger partial charge in [0.2, 0.25) is 0 Å². The van der Waals surface area contributed by atoms with Gasteiger partial charge in [-0.25, -0.2) is 13.3 Å². The molecule has 4 rings (SSSR count). The van der Waals surface area contributed by atoms with Gasteiger partial charge < -0.3 is 5.11 Å². The number of thiophene rings is 1. The lowest BCUT2D eigenvalue weighted by Gasteiger charge is -2.20. The van der Waals surface area contributed by atoms with Crippen LogP contribution in [0.2, 0.25) is 5.02 Å². The van der Waals surface area contributed by atoms with Crippen molar-refractivity contribution in [2.45, 2.75) is 19.8 Å². The van der Waals surface area contributed by atoms with Gasteiger partial charge in [0.15, 0.2) is 0 Å². The van der Waals surface area contributed by atoms with Crippen LogP contribution >= 0.6 is 22.9 Å². The minimum atomic E-state index is -2.26. The normalized spacial score (nSPS) is 12.1. The molecule has 0 fully saturated rings. The molecule has 8 heteroatoms. The van der Waals surface area contributed by atoms with Crippen LogP contribution in [0.1, 0.15) is 27.0 Å². The van der Waals surface area contributed by atoms with Crippen molar-refractivity contribution >= 4 is 60.9 Å². The second kappa shape index (κ2) is 9.42. The van der Waals surface area contributed by atoms with Crippen molar-refractivity contribution in [2.75, 3.05) is 4.31 Å². The number of nitrogens with zero attached hydrogens (tertiary/aromatic N) is 1. The number of carbonyl (C=O) groups is 1. The first kappa shape index (κ1) is 22.5. The topological polar surface area (TPSA) is 77.8 Å². The molecule has 0 amide bonds. The van der Waals surface area contributed by atoms with E-state index in [1.807, 2.05) is 49.4 Å². The first-order chi connectivity index (χ1) is 15.3. The van der Waals surface area contributed by atoms with Crippen LogP contribution < -0.4 is 4.31 Å². The lowest BCUT2D eigenvalue weighted by atomic mass is 10.0. The van der Waals surface area contributed by atoms with Gasteiger partial charge in [-0.15, -0.1) is 11.3 Å². The van der Waals surface area contributed by atoms with E-state index in [1.54, 1.807) is 24.3 Å². The zero-order chi connectivity index (χ0) is 22.8. The van der Waals surface area contributed by atoms with Gasteiger partial charge >= 0.3 is 5.97 Å². The van der Waals surface area contributed by atoms with Crippen molar-refractivity contribution in [1.82, 2.24) is 0 Å². The first-order valence-electron chi connectivity index (χ1n) is 9.84. The largest absolute Gasteiger partial charge is 0.478 e. The number of aromatic carboxylic acids is 1. The Hall–Kier alpha value is -2.71. The molecule has 3 aromatic carbocycles. The quantitative estimate of drug-likeness (QED) is 0.288. The van der Waals surface area contributed by atoms with E-state index in [4.69, 9.17) is 11.6 Å². The van der Waals surface area contributed by atoms with E-state index in [0.717, 1.165) is 26.8 Å². The van der Waals surface area contributed by atoms with Crippen molar-refractivity contribution in [2.24, 2.45) is 0 Å². The molecular weight excluding hydrogens is 466 g/mol. The van der Waals surface area contributed by atoms with Gasteiger partial charge in [0.05, 0.1) is 11.3 Å². The number of aryl methyl sites for hydroxylation is 3. The van der Waals surface area contributed by atoms with Crippen LogP contribution in [-0.2, 0) is 24.1 Å². The molecule has 4 aromatic rings. The summed E-state index contributed by atoms with van der Waals surface area (Å²) in [5.74, 6) is -0.949. The van der Waals surface area contributed by atoms with Gasteiger partial charge in [0.1, 0.15) is 5.00 Å². The van der Waals surface area contributed by atoms with Gasteiger partial charge in [-0.05, 0) is 84.3 Å². The van der Waals surface area contributed by atoms with Gasteiger partial charge in [-0.3, -0.25) is 4.55 Å². The summed E-state index contributed by atoms with van der Waals surface area (Å²) in [7, 11) is 0. The third-order valence-electron chi connectivity index (χ3n) is 5.24. The molecule has 0 saturated carbocycles. The summed E-state index contributed by atoms with van der Waals surface area (Å²) in [5, 5.41) is 11.4. The molecule has 0 radical (unpaired) electrons. The highest BCUT2D eigenvalue weighted by molar-refractivity contribution is 7.81. The predicted molar refractivity (Wildman–Crippen MR) is 132 cm³/mol. The molecule has 164 valence electrons. The molecule has 0 aliphatic carbocycles. The molecule has 0 bridgehead atoms. The second-order valence-corrected chi connectivity index (χ2v) is 9.67. The summed E-state index contributed by atoms with van der Waals surface area (Å²) < 4.78 is 24.9. The van der Waals surface area contributed by atoms with E-state index >= 15 is 0 Å². The highest BCUT2D eigenvalue weighted by Gasteiger charge is 2.21. The first-order valence-corrected chi connectivity index (χ1v) is 12.1. The summed E-state index contributed by atoms with van der Waals surface area (Å²) in [6.45, 7) is 1.92. The summed E-state index contributed by atoms with van der Waals surface area (Å²) in [6.07, 6.45) is 1.33. The van der Waals surface area contributed by atoms with E-state index in [2.05, 4.69) is 0 Å². The molecule has 1 heterocycles. The van der Waals surface area contributed by atoms with Gasteiger partial charge in [0.25, 0.3) is 11.3 Å². The number of hydrogen-bond donors (Lipinski definition) is 2. The fourth-order valence-electron chi connectivity index (χ4n) is 3.64. The number of anilines is 2. The van der Waals surface area contributed by atoms with Crippen LogP contribution in [-0.4, -0.2) is 19.8 Å². The van der Waals surface area contributed by atoms with Crippen LogP contribution in [0.5, 0.6) is 0 Å². The Kier molecular flexibility index (Phi) is 6.62. The maximum Gasteiger partial charge on any atom is 0.335 e. The highest BCUT2D eigenvalue weighted by Crippen LogP contribution is 2.42. The highest BCUT2D eigenvalue weighted by atomic mass is 35.5. The van der Waals surface area contributed by atoms with E-state index in [0.29, 0.717) is 28.6 Å². The van der Waals surface area contributed by atoms with Crippen molar-refractivity contribution in [3.05, 3.63) is 94.0 Å². The molecule has 0 spiro atoms. The van der Waals surface area contributed by atoms with Gasteiger partial charge in [0, 0.05) is 9.72 Å². The minimum absolute atomic E-state index is 0.262. The van der Waals surface area contributed by atoms with Crippen LogP contribution in [0.3, 0.4) is 0 Å². The Balaban J connectivity index is 1.63. The summed E-state index contributed by atoms with van der Waals surface area (Å²) in [5.41, 5.74) is 3.68. The lowest BCUT2D eigenvalue weighted by Crippen LogP contribution is -2.19. The van der Waals surface area contributed by atoms with Crippen molar-refractivity contribution in [3.8, 4) is 0 Å². The van der Waals surface area contributed by atoms with E-state index < -0.39 is 17.2 Å². The molecule has 1 aromatic heterocycles.